The Balaban J connectivity index is 1.77. The second kappa shape index (κ2) is 6.02. The molecule has 0 aromatic heterocycles. The number of anilines is 2. The summed E-state index contributed by atoms with van der Waals surface area (Å²) in [5.41, 5.74) is 2.49. The van der Waals surface area contributed by atoms with E-state index in [1.807, 2.05) is 31.2 Å². The molecular formula is C19H20N2O4S. The zero-order chi connectivity index (χ0) is 18.5. The van der Waals surface area contributed by atoms with Gasteiger partial charge in [0, 0.05) is 11.4 Å². The Hall–Kier alpha value is -2.54. The molecule has 2 heterocycles. The van der Waals surface area contributed by atoms with Crippen molar-refractivity contribution in [3.63, 3.8) is 0 Å². The van der Waals surface area contributed by atoms with Crippen LogP contribution in [-0.4, -0.2) is 45.1 Å². The second-order valence-electron chi connectivity index (χ2n) is 6.77. The first kappa shape index (κ1) is 16.9. The molecule has 136 valence electrons. The SMILES string of the molecule is COc1ccc(N2C(=O)N(c3ccc(C)cc3)[C@@H]3CS(=O)(=O)C[C@@H]32)cc1. The molecule has 0 aliphatic carbocycles. The van der Waals surface area contributed by atoms with Gasteiger partial charge in [-0.1, -0.05) is 17.7 Å². The molecule has 2 fully saturated rings. The van der Waals surface area contributed by atoms with Crippen molar-refractivity contribution >= 4 is 27.2 Å². The highest BCUT2D eigenvalue weighted by atomic mass is 32.2. The summed E-state index contributed by atoms with van der Waals surface area (Å²) in [6.07, 6.45) is 0. The van der Waals surface area contributed by atoms with Gasteiger partial charge in [0.05, 0.1) is 30.7 Å². The van der Waals surface area contributed by atoms with E-state index in [9.17, 15) is 13.2 Å². The van der Waals surface area contributed by atoms with Crippen LogP contribution in [0.15, 0.2) is 48.5 Å². The fraction of sp³-hybridized carbons (Fsp3) is 0.316. The summed E-state index contributed by atoms with van der Waals surface area (Å²) in [6.45, 7) is 1.97. The van der Waals surface area contributed by atoms with Crippen molar-refractivity contribution in [3.8, 4) is 5.75 Å². The smallest absolute Gasteiger partial charge is 0.329 e. The van der Waals surface area contributed by atoms with E-state index in [2.05, 4.69) is 0 Å². The first-order chi connectivity index (χ1) is 12.4. The maximum absolute atomic E-state index is 13.2. The van der Waals surface area contributed by atoms with Crippen LogP contribution in [0.3, 0.4) is 0 Å². The zero-order valence-electron chi connectivity index (χ0n) is 14.6. The second-order valence-corrected chi connectivity index (χ2v) is 8.92. The van der Waals surface area contributed by atoms with Crippen LogP contribution < -0.4 is 14.5 Å². The average molecular weight is 372 g/mol. The van der Waals surface area contributed by atoms with Crippen LogP contribution in [0.4, 0.5) is 16.2 Å². The van der Waals surface area contributed by atoms with Crippen molar-refractivity contribution in [1.82, 2.24) is 0 Å². The van der Waals surface area contributed by atoms with Crippen LogP contribution in [0.5, 0.6) is 5.75 Å². The number of carbonyl (C=O) groups is 1. The number of fused-ring (bicyclic) bond motifs is 1. The van der Waals surface area contributed by atoms with Crippen molar-refractivity contribution in [2.45, 2.75) is 19.0 Å². The molecule has 0 radical (unpaired) electrons. The Labute approximate surface area is 152 Å². The van der Waals surface area contributed by atoms with Gasteiger partial charge in [-0.3, -0.25) is 9.80 Å². The molecule has 6 nitrogen and oxygen atoms in total. The van der Waals surface area contributed by atoms with Crippen LogP contribution in [-0.2, 0) is 9.84 Å². The Morgan fingerprint density at radius 2 is 1.35 bits per heavy atom. The van der Waals surface area contributed by atoms with Crippen molar-refractivity contribution in [1.29, 1.82) is 0 Å². The highest BCUT2D eigenvalue weighted by Gasteiger charge is 2.54. The van der Waals surface area contributed by atoms with Crippen molar-refractivity contribution < 1.29 is 17.9 Å². The van der Waals surface area contributed by atoms with Crippen LogP contribution in [0.1, 0.15) is 5.56 Å². The largest absolute Gasteiger partial charge is 0.497 e. The van der Waals surface area contributed by atoms with E-state index in [-0.39, 0.29) is 29.6 Å². The van der Waals surface area contributed by atoms with E-state index in [0.29, 0.717) is 11.4 Å². The Morgan fingerprint density at radius 1 is 0.885 bits per heavy atom. The van der Waals surface area contributed by atoms with E-state index in [1.165, 1.54) is 0 Å². The first-order valence-corrected chi connectivity index (χ1v) is 10.3. The molecule has 2 atom stereocenters. The summed E-state index contributed by atoms with van der Waals surface area (Å²) >= 11 is 0. The number of ether oxygens (including phenoxy) is 1. The first-order valence-electron chi connectivity index (χ1n) is 8.43. The van der Waals surface area contributed by atoms with Gasteiger partial charge in [-0.15, -0.1) is 0 Å². The van der Waals surface area contributed by atoms with Gasteiger partial charge in [-0.25, -0.2) is 13.2 Å². The summed E-state index contributed by atoms with van der Waals surface area (Å²) in [4.78, 5) is 16.4. The molecule has 0 bridgehead atoms. The minimum atomic E-state index is -3.19. The predicted molar refractivity (Wildman–Crippen MR) is 101 cm³/mol. The van der Waals surface area contributed by atoms with Gasteiger partial charge < -0.3 is 4.74 Å². The topological polar surface area (TPSA) is 66.9 Å². The molecule has 0 spiro atoms. The number of aryl methyl sites for hydroxylation is 1. The fourth-order valence-corrected chi connectivity index (χ4v) is 5.67. The molecule has 2 aliphatic rings. The van der Waals surface area contributed by atoms with Crippen molar-refractivity contribution in [3.05, 3.63) is 54.1 Å². The number of benzene rings is 2. The molecule has 4 rings (SSSR count). The lowest BCUT2D eigenvalue weighted by Gasteiger charge is -2.23. The lowest BCUT2D eigenvalue weighted by Crippen LogP contribution is -2.37. The Morgan fingerprint density at radius 3 is 1.81 bits per heavy atom. The number of rotatable bonds is 3. The number of hydrogen-bond donors (Lipinski definition) is 0. The molecule has 2 amide bonds. The molecule has 0 unspecified atom stereocenters. The van der Waals surface area contributed by atoms with Gasteiger partial charge in [0.15, 0.2) is 9.84 Å². The lowest BCUT2D eigenvalue weighted by atomic mass is 10.1. The van der Waals surface area contributed by atoms with E-state index >= 15 is 0 Å². The van der Waals surface area contributed by atoms with E-state index in [1.54, 1.807) is 41.2 Å². The summed E-state index contributed by atoms with van der Waals surface area (Å²) in [7, 11) is -1.61. The summed E-state index contributed by atoms with van der Waals surface area (Å²) in [5, 5.41) is 0. The number of methoxy groups -OCH3 is 1. The summed E-state index contributed by atoms with van der Waals surface area (Å²) < 4.78 is 29.7. The third-order valence-electron chi connectivity index (χ3n) is 5.03. The fourth-order valence-electron chi connectivity index (χ4n) is 3.76. The molecule has 0 N–H and O–H groups in total. The average Bonchev–Trinajstić information content (AvgIpc) is 3.05. The van der Waals surface area contributed by atoms with Crippen LogP contribution in [0.2, 0.25) is 0 Å². The zero-order valence-corrected chi connectivity index (χ0v) is 15.4. The van der Waals surface area contributed by atoms with Gasteiger partial charge in [0.25, 0.3) is 0 Å². The van der Waals surface area contributed by atoms with Crippen molar-refractivity contribution in [2.24, 2.45) is 0 Å². The molecule has 2 aromatic carbocycles. The molecule has 2 aliphatic heterocycles. The third-order valence-corrected chi connectivity index (χ3v) is 6.73. The van der Waals surface area contributed by atoms with E-state index in [4.69, 9.17) is 4.74 Å². The van der Waals surface area contributed by atoms with E-state index in [0.717, 1.165) is 11.3 Å². The maximum atomic E-state index is 13.2. The lowest BCUT2D eigenvalue weighted by molar-refractivity contribution is 0.255. The predicted octanol–water partition coefficient (Wildman–Crippen LogP) is 2.62. The normalized spacial score (nSPS) is 24.0. The minimum absolute atomic E-state index is 0.00998. The molecule has 26 heavy (non-hydrogen) atoms. The molecule has 2 saturated heterocycles. The van der Waals surface area contributed by atoms with Gasteiger partial charge in [-0.2, -0.15) is 0 Å². The Kier molecular flexibility index (Phi) is 3.91. The van der Waals surface area contributed by atoms with Crippen LogP contribution in [0.25, 0.3) is 0 Å². The standard InChI is InChI=1S/C19H20N2O4S/c1-13-3-5-14(6-4-13)20-17-11-26(23,24)12-18(17)21(19(20)22)15-7-9-16(25-2)10-8-15/h3-10,17-18H,11-12H2,1-2H3/t17-,18+/m1/s1. The quantitative estimate of drug-likeness (QED) is 0.777. The van der Waals surface area contributed by atoms with Gasteiger partial charge in [0.2, 0.25) is 0 Å². The molecule has 2 aromatic rings. The highest BCUT2D eigenvalue weighted by molar-refractivity contribution is 7.91. The number of nitrogens with zero attached hydrogens (tertiary/aromatic N) is 2. The van der Waals surface area contributed by atoms with Gasteiger partial charge >= 0.3 is 6.03 Å². The van der Waals surface area contributed by atoms with Gasteiger partial charge in [-0.05, 0) is 43.3 Å². The number of sulfone groups is 1. The van der Waals surface area contributed by atoms with Gasteiger partial charge in [0.1, 0.15) is 5.75 Å². The summed E-state index contributed by atoms with van der Waals surface area (Å²) in [6, 6.07) is 13.8. The van der Waals surface area contributed by atoms with Crippen molar-refractivity contribution in [2.75, 3.05) is 28.4 Å². The molecular weight excluding hydrogens is 352 g/mol. The monoisotopic (exact) mass is 372 g/mol. The number of amides is 2. The number of carbonyl (C=O) groups excluding carboxylic acids is 1. The number of hydrogen-bond acceptors (Lipinski definition) is 4. The Bertz CT molecular complexity index is 939. The number of urea groups is 1. The molecule has 0 saturated carbocycles. The molecule has 7 heteroatoms. The van der Waals surface area contributed by atoms with Crippen LogP contribution in [0, 0.1) is 6.92 Å². The van der Waals surface area contributed by atoms with Crippen LogP contribution >= 0.6 is 0 Å². The third kappa shape index (κ3) is 2.72. The van der Waals surface area contributed by atoms with E-state index < -0.39 is 9.84 Å². The summed E-state index contributed by atoms with van der Waals surface area (Å²) in [5.74, 6) is 0.660. The highest BCUT2D eigenvalue weighted by Crippen LogP contribution is 2.38. The maximum Gasteiger partial charge on any atom is 0.329 e. The minimum Gasteiger partial charge on any atom is -0.497 e.